The molecule has 128 valence electrons. The summed E-state index contributed by atoms with van der Waals surface area (Å²) >= 11 is 0. The van der Waals surface area contributed by atoms with E-state index in [1.54, 1.807) is 11.8 Å². The van der Waals surface area contributed by atoms with Gasteiger partial charge in [0.25, 0.3) is 0 Å². The molecule has 0 spiro atoms. The molecule has 0 aromatic heterocycles. The highest BCUT2D eigenvalue weighted by atomic mass is 16.5. The topological polar surface area (TPSA) is 49.9 Å². The summed E-state index contributed by atoms with van der Waals surface area (Å²) in [5, 5.41) is 0. The highest BCUT2D eigenvalue weighted by molar-refractivity contribution is 5.78. The lowest BCUT2D eigenvalue weighted by Gasteiger charge is -2.26. The van der Waals surface area contributed by atoms with Crippen LogP contribution in [0.1, 0.15) is 18.9 Å². The summed E-state index contributed by atoms with van der Waals surface area (Å²) in [5.41, 5.74) is 1.15. The number of nitrogens with zero attached hydrogens (tertiary/aromatic N) is 2. The Hall–Kier alpha value is -1.88. The van der Waals surface area contributed by atoms with Gasteiger partial charge in [-0.15, -0.1) is 0 Å². The zero-order valence-corrected chi connectivity index (χ0v) is 14.6. The molecule has 1 atom stereocenters. The quantitative estimate of drug-likeness (QED) is 0.651. The van der Waals surface area contributed by atoms with E-state index in [1.165, 1.54) is 7.11 Å². The van der Waals surface area contributed by atoms with Crippen molar-refractivity contribution in [3.63, 3.8) is 0 Å². The number of benzene rings is 1. The summed E-state index contributed by atoms with van der Waals surface area (Å²) in [5.74, 6) is -0.523. The standard InChI is InChI=1S/C18H28N2O3/c1-15(18(22)23-4)14-20(13-12-19(2)3)17(21)11-10-16-8-6-5-7-9-16/h5-9,15H,10-14H2,1-4H3. The molecule has 0 N–H and O–H groups in total. The number of carbonyl (C=O) groups excluding carboxylic acids is 2. The number of hydrogen-bond donors (Lipinski definition) is 0. The number of aryl methyl sites for hydroxylation is 1. The summed E-state index contributed by atoms with van der Waals surface area (Å²) in [6.07, 6.45) is 1.16. The number of rotatable bonds is 9. The van der Waals surface area contributed by atoms with Gasteiger partial charge >= 0.3 is 5.97 Å². The molecule has 0 bridgehead atoms. The summed E-state index contributed by atoms with van der Waals surface area (Å²) in [6, 6.07) is 9.96. The van der Waals surface area contributed by atoms with E-state index in [4.69, 9.17) is 4.74 Å². The Bertz CT molecular complexity index is 488. The van der Waals surface area contributed by atoms with Crippen molar-refractivity contribution in [1.29, 1.82) is 0 Å². The van der Waals surface area contributed by atoms with Crippen LogP contribution < -0.4 is 0 Å². The first-order valence-corrected chi connectivity index (χ1v) is 7.98. The van der Waals surface area contributed by atoms with Gasteiger partial charge in [-0.1, -0.05) is 37.3 Å². The first kappa shape index (κ1) is 19.2. The lowest BCUT2D eigenvalue weighted by atomic mass is 10.1. The predicted molar refractivity (Wildman–Crippen MR) is 91.1 cm³/mol. The van der Waals surface area contributed by atoms with Crippen molar-refractivity contribution in [3.8, 4) is 0 Å². The zero-order valence-electron chi connectivity index (χ0n) is 14.6. The Morgan fingerprint density at radius 1 is 1.13 bits per heavy atom. The molecule has 5 nitrogen and oxygen atoms in total. The van der Waals surface area contributed by atoms with Gasteiger partial charge in [0.2, 0.25) is 5.91 Å². The van der Waals surface area contributed by atoms with Crippen LogP contribution in [0.25, 0.3) is 0 Å². The molecule has 1 amide bonds. The lowest BCUT2D eigenvalue weighted by Crippen LogP contribution is -2.41. The number of methoxy groups -OCH3 is 1. The summed E-state index contributed by atoms with van der Waals surface area (Å²) < 4.78 is 4.76. The molecule has 5 heteroatoms. The third kappa shape index (κ3) is 7.28. The van der Waals surface area contributed by atoms with Gasteiger partial charge in [-0.2, -0.15) is 0 Å². The minimum Gasteiger partial charge on any atom is -0.469 e. The van der Waals surface area contributed by atoms with E-state index < -0.39 is 0 Å². The van der Waals surface area contributed by atoms with Crippen molar-refractivity contribution in [1.82, 2.24) is 9.80 Å². The monoisotopic (exact) mass is 320 g/mol. The van der Waals surface area contributed by atoms with Gasteiger partial charge in [-0.3, -0.25) is 9.59 Å². The predicted octanol–water partition coefficient (Wildman–Crippen LogP) is 1.82. The van der Waals surface area contributed by atoms with Crippen LogP contribution in [0.4, 0.5) is 0 Å². The van der Waals surface area contributed by atoms with Crippen LogP contribution in [0.3, 0.4) is 0 Å². The molecular formula is C18H28N2O3. The first-order chi connectivity index (χ1) is 10.9. The fourth-order valence-electron chi connectivity index (χ4n) is 2.30. The summed E-state index contributed by atoms with van der Waals surface area (Å²) in [7, 11) is 5.31. The number of esters is 1. The van der Waals surface area contributed by atoms with Crippen LogP contribution in [0.5, 0.6) is 0 Å². The van der Waals surface area contributed by atoms with Gasteiger partial charge in [-0.05, 0) is 26.1 Å². The second kappa shape index (κ2) is 10.0. The maximum absolute atomic E-state index is 12.5. The number of likely N-dealkylation sites (N-methyl/N-ethyl adjacent to an activating group) is 1. The molecule has 1 unspecified atom stereocenters. The third-order valence-corrected chi connectivity index (χ3v) is 3.74. The first-order valence-electron chi connectivity index (χ1n) is 7.98. The highest BCUT2D eigenvalue weighted by Gasteiger charge is 2.21. The fraction of sp³-hybridized carbons (Fsp3) is 0.556. The molecular weight excluding hydrogens is 292 g/mol. The minimum absolute atomic E-state index is 0.0754. The molecule has 0 fully saturated rings. The van der Waals surface area contributed by atoms with Crippen molar-refractivity contribution in [2.45, 2.75) is 19.8 Å². The SMILES string of the molecule is COC(=O)C(C)CN(CCN(C)C)C(=O)CCc1ccccc1. The number of amides is 1. The molecule has 1 rings (SSSR count). The number of hydrogen-bond acceptors (Lipinski definition) is 4. The Kier molecular flexibility index (Phi) is 8.33. The van der Waals surface area contributed by atoms with Crippen LogP contribution in [0.15, 0.2) is 30.3 Å². The summed E-state index contributed by atoms with van der Waals surface area (Å²) in [4.78, 5) is 27.9. The molecule has 1 aromatic rings. The lowest BCUT2D eigenvalue weighted by molar-refractivity contribution is -0.146. The number of ether oxygens (including phenoxy) is 1. The maximum atomic E-state index is 12.5. The Labute approximate surface area is 139 Å². The molecule has 0 heterocycles. The fourth-order valence-corrected chi connectivity index (χ4v) is 2.30. The largest absolute Gasteiger partial charge is 0.469 e. The molecule has 0 saturated carbocycles. The van der Waals surface area contributed by atoms with E-state index in [1.807, 2.05) is 49.3 Å². The highest BCUT2D eigenvalue weighted by Crippen LogP contribution is 2.08. The molecule has 0 aliphatic heterocycles. The van der Waals surface area contributed by atoms with Gasteiger partial charge in [-0.25, -0.2) is 0 Å². The van der Waals surface area contributed by atoms with E-state index in [-0.39, 0.29) is 17.8 Å². The third-order valence-electron chi connectivity index (χ3n) is 3.74. The zero-order chi connectivity index (χ0) is 17.2. The molecule has 0 aliphatic carbocycles. The van der Waals surface area contributed by atoms with E-state index in [9.17, 15) is 9.59 Å². The van der Waals surface area contributed by atoms with Crippen molar-refractivity contribution in [3.05, 3.63) is 35.9 Å². The van der Waals surface area contributed by atoms with E-state index >= 15 is 0 Å². The van der Waals surface area contributed by atoms with Gasteiger partial charge in [0, 0.05) is 26.1 Å². The van der Waals surface area contributed by atoms with Crippen LogP contribution >= 0.6 is 0 Å². The van der Waals surface area contributed by atoms with Crippen molar-refractivity contribution in [2.75, 3.05) is 40.8 Å². The van der Waals surface area contributed by atoms with E-state index in [2.05, 4.69) is 0 Å². The van der Waals surface area contributed by atoms with Gasteiger partial charge in [0.05, 0.1) is 13.0 Å². The van der Waals surface area contributed by atoms with Crippen molar-refractivity contribution >= 4 is 11.9 Å². The van der Waals surface area contributed by atoms with Crippen LogP contribution in [-0.4, -0.2) is 62.5 Å². The Balaban J connectivity index is 2.61. The molecule has 1 aromatic carbocycles. The summed E-state index contributed by atoms with van der Waals surface area (Å²) in [6.45, 7) is 3.57. The van der Waals surface area contributed by atoms with Gasteiger partial charge in [0.15, 0.2) is 0 Å². The van der Waals surface area contributed by atoms with Crippen LogP contribution in [0, 0.1) is 5.92 Å². The van der Waals surface area contributed by atoms with Crippen molar-refractivity contribution in [2.24, 2.45) is 5.92 Å². The Morgan fingerprint density at radius 2 is 1.78 bits per heavy atom. The molecule has 0 saturated heterocycles. The second-order valence-electron chi connectivity index (χ2n) is 6.05. The minimum atomic E-state index is -0.317. The molecule has 0 radical (unpaired) electrons. The number of carbonyl (C=O) groups is 2. The maximum Gasteiger partial charge on any atom is 0.310 e. The average molecular weight is 320 g/mol. The van der Waals surface area contributed by atoms with Gasteiger partial charge in [0.1, 0.15) is 0 Å². The molecule has 23 heavy (non-hydrogen) atoms. The average Bonchev–Trinajstić information content (AvgIpc) is 2.56. The van der Waals surface area contributed by atoms with Crippen molar-refractivity contribution < 1.29 is 14.3 Å². The normalized spacial score (nSPS) is 12.0. The van der Waals surface area contributed by atoms with Gasteiger partial charge < -0.3 is 14.5 Å². The second-order valence-corrected chi connectivity index (χ2v) is 6.05. The van der Waals surface area contributed by atoms with Crippen LogP contribution in [0.2, 0.25) is 0 Å². The smallest absolute Gasteiger partial charge is 0.310 e. The molecule has 0 aliphatic rings. The van der Waals surface area contributed by atoms with E-state index in [0.717, 1.165) is 12.1 Å². The van der Waals surface area contributed by atoms with Crippen LogP contribution in [-0.2, 0) is 20.7 Å². The Morgan fingerprint density at radius 3 is 2.35 bits per heavy atom. The van der Waals surface area contributed by atoms with E-state index in [0.29, 0.717) is 25.9 Å².